The molecule has 3 rings (SSSR count). The zero-order valence-electron chi connectivity index (χ0n) is 15.2. The molecule has 138 valence electrons. The number of nitrogens with zero attached hydrogens (tertiary/aromatic N) is 1. The molecule has 1 aromatic carbocycles. The number of benzene rings is 1. The molecule has 1 amide bonds. The van der Waals surface area contributed by atoms with Gasteiger partial charge >= 0.3 is 6.09 Å². The minimum Gasteiger partial charge on any atom is -0.494 e. The molecule has 3 atom stereocenters. The van der Waals surface area contributed by atoms with Crippen LogP contribution < -0.4 is 4.74 Å². The van der Waals surface area contributed by atoms with Crippen molar-refractivity contribution < 1.29 is 19.4 Å². The van der Waals surface area contributed by atoms with Crippen molar-refractivity contribution in [3.05, 3.63) is 29.8 Å². The van der Waals surface area contributed by atoms with Gasteiger partial charge in [-0.2, -0.15) is 0 Å². The lowest BCUT2D eigenvalue weighted by molar-refractivity contribution is -0.118. The molecule has 0 radical (unpaired) electrons. The van der Waals surface area contributed by atoms with Crippen LogP contribution in [0.15, 0.2) is 24.3 Å². The summed E-state index contributed by atoms with van der Waals surface area (Å²) in [5.41, 5.74) is 0.271. The molecule has 2 aliphatic rings. The molecular formula is C20H29NO4. The third-order valence-electron chi connectivity index (χ3n) is 5.61. The van der Waals surface area contributed by atoms with Crippen molar-refractivity contribution in [1.29, 1.82) is 0 Å². The van der Waals surface area contributed by atoms with E-state index in [0.717, 1.165) is 37.0 Å². The Kier molecular flexibility index (Phi) is 5.52. The van der Waals surface area contributed by atoms with E-state index >= 15 is 0 Å². The fourth-order valence-corrected chi connectivity index (χ4v) is 4.49. The molecule has 1 saturated carbocycles. The van der Waals surface area contributed by atoms with E-state index in [1.54, 1.807) is 4.90 Å². The Morgan fingerprint density at radius 2 is 2.04 bits per heavy atom. The van der Waals surface area contributed by atoms with Crippen LogP contribution >= 0.6 is 0 Å². The molecule has 25 heavy (non-hydrogen) atoms. The molecule has 5 nitrogen and oxygen atoms in total. The number of hydrogen-bond donors (Lipinski definition) is 1. The number of carbonyl (C=O) groups is 1. The van der Waals surface area contributed by atoms with Crippen LogP contribution in [0.5, 0.6) is 5.75 Å². The second-order valence-electron chi connectivity index (χ2n) is 7.01. The summed E-state index contributed by atoms with van der Waals surface area (Å²) in [6, 6.07) is 7.67. The van der Waals surface area contributed by atoms with E-state index in [4.69, 9.17) is 9.47 Å². The van der Waals surface area contributed by atoms with Gasteiger partial charge < -0.3 is 19.5 Å². The van der Waals surface area contributed by atoms with E-state index in [-0.39, 0.29) is 18.1 Å². The fourth-order valence-electron chi connectivity index (χ4n) is 4.49. The number of piperidine rings is 1. The van der Waals surface area contributed by atoms with Crippen LogP contribution in [0.3, 0.4) is 0 Å². The second kappa shape index (κ2) is 7.65. The largest absolute Gasteiger partial charge is 0.494 e. The first-order valence-electron chi connectivity index (χ1n) is 9.48. The molecular weight excluding hydrogens is 318 g/mol. The molecule has 1 aliphatic carbocycles. The number of aliphatic hydroxyl groups is 1. The Morgan fingerprint density at radius 1 is 1.24 bits per heavy atom. The minimum atomic E-state index is -0.703. The zero-order valence-corrected chi connectivity index (χ0v) is 15.2. The van der Waals surface area contributed by atoms with Gasteiger partial charge in [-0.05, 0) is 39.2 Å². The van der Waals surface area contributed by atoms with Crippen molar-refractivity contribution in [3.8, 4) is 5.75 Å². The first kappa shape index (κ1) is 18.1. The number of likely N-dealkylation sites (tertiary alicyclic amines) is 1. The van der Waals surface area contributed by atoms with E-state index < -0.39 is 5.60 Å². The van der Waals surface area contributed by atoms with Gasteiger partial charge in [0.15, 0.2) is 0 Å². The fraction of sp³-hybridized carbons (Fsp3) is 0.650. The van der Waals surface area contributed by atoms with Gasteiger partial charge in [-0.1, -0.05) is 31.0 Å². The molecule has 0 spiro atoms. The van der Waals surface area contributed by atoms with Gasteiger partial charge in [-0.15, -0.1) is 0 Å². The lowest BCUT2D eigenvalue weighted by atomic mass is 9.66. The van der Waals surface area contributed by atoms with E-state index in [0.29, 0.717) is 26.2 Å². The molecule has 1 aromatic rings. The Bertz CT molecular complexity index is 605. The van der Waals surface area contributed by atoms with Crippen LogP contribution in [0.2, 0.25) is 0 Å². The number of carbonyl (C=O) groups excluding carboxylic acids is 1. The first-order valence-corrected chi connectivity index (χ1v) is 9.48. The maximum atomic E-state index is 12.6. The average molecular weight is 347 g/mol. The van der Waals surface area contributed by atoms with Gasteiger partial charge in [-0.3, -0.25) is 0 Å². The summed E-state index contributed by atoms with van der Waals surface area (Å²) < 4.78 is 11.1. The topological polar surface area (TPSA) is 59.0 Å². The van der Waals surface area contributed by atoms with Gasteiger partial charge in [0.1, 0.15) is 5.75 Å². The summed E-state index contributed by atoms with van der Waals surface area (Å²) in [6.07, 6.45) is 4.16. The monoisotopic (exact) mass is 347 g/mol. The minimum absolute atomic E-state index is 0.0148. The number of ether oxygens (including phenoxy) is 2. The normalized spacial score (nSPS) is 29.0. The summed E-state index contributed by atoms with van der Waals surface area (Å²) in [6.45, 7) is 5.21. The average Bonchev–Trinajstić information content (AvgIpc) is 2.61. The number of para-hydroxylation sites is 1. The molecule has 1 heterocycles. The van der Waals surface area contributed by atoms with Gasteiger partial charge in [0.2, 0.25) is 0 Å². The Labute approximate surface area is 149 Å². The van der Waals surface area contributed by atoms with Crippen LogP contribution in [-0.4, -0.2) is 41.5 Å². The molecule has 0 bridgehead atoms. The maximum Gasteiger partial charge on any atom is 0.410 e. The van der Waals surface area contributed by atoms with E-state index in [2.05, 4.69) is 0 Å². The summed E-state index contributed by atoms with van der Waals surface area (Å²) in [5.74, 6) is 0.806. The quantitative estimate of drug-likeness (QED) is 0.897. The van der Waals surface area contributed by atoms with Crippen molar-refractivity contribution in [1.82, 2.24) is 4.90 Å². The van der Waals surface area contributed by atoms with Gasteiger partial charge in [0.25, 0.3) is 0 Å². The smallest absolute Gasteiger partial charge is 0.410 e. The van der Waals surface area contributed by atoms with Crippen LogP contribution in [-0.2, 0) is 4.74 Å². The molecule has 5 heteroatoms. The molecule has 2 fully saturated rings. The van der Waals surface area contributed by atoms with Crippen molar-refractivity contribution in [2.45, 2.75) is 57.6 Å². The molecule has 0 aromatic heterocycles. The summed E-state index contributed by atoms with van der Waals surface area (Å²) in [7, 11) is 0. The van der Waals surface area contributed by atoms with Crippen molar-refractivity contribution in [2.24, 2.45) is 5.92 Å². The van der Waals surface area contributed by atoms with E-state index in [9.17, 15) is 9.90 Å². The van der Waals surface area contributed by atoms with Crippen molar-refractivity contribution in [2.75, 3.05) is 19.8 Å². The van der Waals surface area contributed by atoms with Gasteiger partial charge in [0, 0.05) is 18.0 Å². The van der Waals surface area contributed by atoms with Crippen molar-refractivity contribution in [3.63, 3.8) is 0 Å². The highest BCUT2D eigenvalue weighted by atomic mass is 16.6. The van der Waals surface area contributed by atoms with Crippen LogP contribution in [0.1, 0.15) is 57.6 Å². The predicted octanol–water partition coefficient (Wildman–Crippen LogP) is 3.91. The number of fused-ring (bicyclic) bond motifs is 1. The third-order valence-corrected chi connectivity index (χ3v) is 5.61. The lowest BCUT2D eigenvalue weighted by Crippen LogP contribution is -2.56. The lowest BCUT2D eigenvalue weighted by Gasteiger charge is -2.52. The predicted molar refractivity (Wildman–Crippen MR) is 95.6 cm³/mol. The summed E-state index contributed by atoms with van der Waals surface area (Å²) in [4.78, 5) is 14.4. The molecule has 1 saturated heterocycles. The number of amides is 1. The number of hydrogen-bond acceptors (Lipinski definition) is 4. The summed E-state index contributed by atoms with van der Waals surface area (Å²) in [5, 5.41) is 11.3. The van der Waals surface area contributed by atoms with E-state index in [1.165, 1.54) is 0 Å². The highest BCUT2D eigenvalue weighted by Crippen LogP contribution is 2.50. The Hall–Kier alpha value is -1.75. The third kappa shape index (κ3) is 3.47. The SMILES string of the molecule is CCOC(=O)N1CCC2(O)CCCCC2[C@@H]1c1ccccc1OCC. The summed E-state index contributed by atoms with van der Waals surface area (Å²) >= 11 is 0. The standard InChI is InChI=1S/C20H29NO4/c1-3-24-17-11-6-5-9-15(17)18-16-10-7-8-12-20(16,23)13-14-21(18)19(22)25-4-2/h5-6,9,11,16,18,23H,3-4,7-8,10,12-14H2,1-2H3/t16?,18-,20?/m0/s1. The van der Waals surface area contributed by atoms with Crippen LogP contribution in [0.25, 0.3) is 0 Å². The van der Waals surface area contributed by atoms with E-state index in [1.807, 2.05) is 38.1 Å². The van der Waals surface area contributed by atoms with Crippen molar-refractivity contribution >= 4 is 6.09 Å². The Balaban J connectivity index is 2.02. The highest BCUT2D eigenvalue weighted by molar-refractivity contribution is 5.69. The highest BCUT2D eigenvalue weighted by Gasteiger charge is 2.51. The van der Waals surface area contributed by atoms with Crippen LogP contribution in [0.4, 0.5) is 4.79 Å². The molecule has 1 N–H and O–H groups in total. The maximum absolute atomic E-state index is 12.6. The Morgan fingerprint density at radius 3 is 2.80 bits per heavy atom. The zero-order chi connectivity index (χ0) is 17.9. The second-order valence-corrected chi connectivity index (χ2v) is 7.01. The first-order chi connectivity index (χ1) is 12.1. The van der Waals surface area contributed by atoms with Gasteiger partial charge in [-0.25, -0.2) is 4.79 Å². The molecule has 1 aliphatic heterocycles. The number of rotatable bonds is 4. The van der Waals surface area contributed by atoms with Gasteiger partial charge in [0.05, 0.1) is 24.9 Å². The molecule has 2 unspecified atom stereocenters. The van der Waals surface area contributed by atoms with Crippen LogP contribution in [0, 0.1) is 5.92 Å².